The number of hydrogen-bond acceptors (Lipinski definition) is 6. The maximum Gasteiger partial charge on any atom is 0.337 e. The van der Waals surface area contributed by atoms with E-state index in [-0.39, 0.29) is 19.1 Å². The molecule has 0 saturated heterocycles. The van der Waals surface area contributed by atoms with E-state index in [0.717, 1.165) is 9.13 Å². The van der Waals surface area contributed by atoms with Gasteiger partial charge < -0.3 is 14.8 Å². The van der Waals surface area contributed by atoms with Crippen molar-refractivity contribution in [1.29, 1.82) is 5.26 Å². The Hall–Kier alpha value is -2.34. The van der Waals surface area contributed by atoms with Crippen molar-refractivity contribution in [3.8, 4) is 6.07 Å². The minimum atomic E-state index is -0.614. The van der Waals surface area contributed by atoms with E-state index in [1.54, 1.807) is 27.7 Å². The summed E-state index contributed by atoms with van der Waals surface area (Å²) in [5.41, 5.74) is 2.79. The maximum atomic E-state index is 12.9. The van der Waals surface area contributed by atoms with Gasteiger partial charge in [-0.25, -0.2) is 9.59 Å². The monoisotopic (exact) mass is 494 g/mol. The number of carbonyl (C=O) groups excluding carboxylic acids is 2. The van der Waals surface area contributed by atoms with Crippen molar-refractivity contribution in [3.05, 3.63) is 55.9 Å². The van der Waals surface area contributed by atoms with Gasteiger partial charge in [0, 0.05) is 15.0 Å². The molecule has 1 aliphatic heterocycles. The Labute approximate surface area is 178 Å². The zero-order valence-electron chi connectivity index (χ0n) is 16.3. The molecule has 0 amide bonds. The lowest BCUT2D eigenvalue weighted by atomic mass is 9.80. The number of esters is 2. The third kappa shape index (κ3) is 5.13. The first-order chi connectivity index (χ1) is 13.3. The second-order valence-corrected chi connectivity index (χ2v) is 7.93. The van der Waals surface area contributed by atoms with Crippen LogP contribution < -0.4 is 5.32 Å². The van der Waals surface area contributed by atoms with Crippen molar-refractivity contribution in [2.45, 2.75) is 46.1 Å². The number of nitriles is 1. The van der Waals surface area contributed by atoms with Gasteiger partial charge in [0.1, 0.15) is 6.61 Å². The highest BCUT2D eigenvalue weighted by Crippen LogP contribution is 2.39. The predicted octanol–water partition coefficient (Wildman–Crippen LogP) is 3.93. The summed E-state index contributed by atoms with van der Waals surface area (Å²) in [5, 5.41) is 11.8. The van der Waals surface area contributed by atoms with Crippen molar-refractivity contribution in [2.75, 3.05) is 6.61 Å². The molecular formula is C21H23IN2O4. The molecule has 1 heterocycles. The molecule has 0 aromatic heterocycles. The number of ether oxygens (including phenoxy) is 2. The summed E-state index contributed by atoms with van der Waals surface area (Å²) < 4.78 is 11.7. The van der Waals surface area contributed by atoms with Gasteiger partial charge in [-0.1, -0.05) is 12.1 Å². The summed E-state index contributed by atoms with van der Waals surface area (Å²) in [6.45, 7) is 7.12. The van der Waals surface area contributed by atoms with Gasteiger partial charge in [0.05, 0.1) is 35.7 Å². The largest absolute Gasteiger partial charge is 0.461 e. The molecule has 0 radical (unpaired) electrons. The van der Waals surface area contributed by atoms with E-state index in [9.17, 15) is 9.59 Å². The third-order valence-corrected chi connectivity index (χ3v) is 4.84. The molecule has 148 valence electrons. The van der Waals surface area contributed by atoms with Gasteiger partial charge in [-0.3, -0.25) is 0 Å². The normalized spacial score (nSPS) is 16.5. The second-order valence-electron chi connectivity index (χ2n) is 6.69. The summed E-state index contributed by atoms with van der Waals surface area (Å²) in [7, 11) is 0. The molecule has 1 unspecified atom stereocenters. The lowest BCUT2D eigenvalue weighted by Crippen LogP contribution is -2.33. The van der Waals surface area contributed by atoms with Crippen LogP contribution in [0.3, 0.4) is 0 Å². The maximum absolute atomic E-state index is 12.9. The second kappa shape index (κ2) is 9.73. The summed E-state index contributed by atoms with van der Waals surface area (Å²) >= 11 is 2.19. The summed E-state index contributed by atoms with van der Waals surface area (Å²) in [5.74, 6) is -1.64. The van der Waals surface area contributed by atoms with Crippen LogP contribution in [0.4, 0.5) is 0 Å². The van der Waals surface area contributed by atoms with E-state index in [4.69, 9.17) is 14.7 Å². The number of rotatable bonds is 6. The molecule has 1 aromatic carbocycles. The average molecular weight is 494 g/mol. The number of carbonyl (C=O) groups is 2. The van der Waals surface area contributed by atoms with E-state index in [2.05, 4.69) is 27.9 Å². The van der Waals surface area contributed by atoms with Crippen molar-refractivity contribution in [3.63, 3.8) is 0 Å². The van der Waals surface area contributed by atoms with E-state index >= 15 is 0 Å². The van der Waals surface area contributed by atoms with Gasteiger partial charge >= 0.3 is 11.9 Å². The molecule has 0 bridgehead atoms. The van der Waals surface area contributed by atoms with Crippen LogP contribution in [0.2, 0.25) is 0 Å². The first-order valence-corrected chi connectivity index (χ1v) is 10.0. The van der Waals surface area contributed by atoms with Crippen LogP contribution >= 0.6 is 22.6 Å². The van der Waals surface area contributed by atoms with Gasteiger partial charge in [-0.05, 0) is 68.0 Å². The first-order valence-electron chi connectivity index (χ1n) is 8.95. The van der Waals surface area contributed by atoms with Gasteiger partial charge in [-0.2, -0.15) is 5.26 Å². The zero-order chi connectivity index (χ0) is 20.8. The highest BCUT2D eigenvalue weighted by molar-refractivity contribution is 14.1. The summed E-state index contributed by atoms with van der Waals surface area (Å²) in [4.78, 5) is 25.7. The highest BCUT2D eigenvalue weighted by Gasteiger charge is 2.38. The molecule has 1 aliphatic rings. The number of allylic oxidation sites excluding steroid dienone is 2. The molecule has 0 saturated carbocycles. The lowest BCUT2D eigenvalue weighted by molar-refractivity contribution is -0.143. The SMILES string of the molecule is CC1=C(C(=O)OCCC#N)C(c2cccc(I)c2)C(C(=O)OC(C)C)=C(C)N1. The van der Waals surface area contributed by atoms with E-state index < -0.39 is 17.9 Å². The molecule has 2 rings (SSSR count). The van der Waals surface area contributed by atoms with Crippen LogP contribution in [-0.2, 0) is 19.1 Å². The van der Waals surface area contributed by atoms with Gasteiger partial charge in [0.15, 0.2) is 0 Å². The van der Waals surface area contributed by atoms with Gasteiger partial charge in [-0.15, -0.1) is 0 Å². The minimum Gasteiger partial charge on any atom is -0.461 e. The molecule has 1 atom stereocenters. The molecule has 1 aromatic rings. The van der Waals surface area contributed by atoms with E-state index in [1.165, 1.54) is 0 Å². The number of halogens is 1. The Morgan fingerprint density at radius 2 is 1.86 bits per heavy atom. The third-order valence-electron chi connectivity index (χ3n) is 4.17. The molecule has 6 nitrogen and oxygen atoms in total. The smallest absolute Gasteiger partial charge is 0.337 e. The quantitative estimate of drug-likeness (QED) is 0.366. The van der Waals surface area contributed by atoms with Crippen molar-refractivity contribution < 1.29 is 19.1 Å². The Kier molecular flexibility index (Phi) is 7.63. The molecule has 0 aliphatic carbocycles. The fourth-order valence-corrected chi connectivity index (χ4v) is 3.67. The van der Waals surface area contributed by atoms with Crippen molar-refractivity contribution >= 4 is 34.5 Å². The van der Waals surface area contributed by atoms with Crippen LogP contribution in [0.15, 0.2) is 46.8 Å². The highest BCUT2D eigenvalue weighted by atomic mass is 127. The molecule has 1 N–H and O–H groups in total. The van der Waals surface area contributed by atoms with Gasteiger partial charge in [0.25, 0.3) is 0 Å². The van der Waals surface area contributed by atoms with Crippen LogP contribution in [0.25, 0.3) is 0 Å². The first kappa shape index (κ1) is 22.0. The van der Waals surface area contributed by atoms with E-state index in [1.807, 2.05) is 30.3 Å². The standard InChI is InChI=1S/C21H23IN2O4/c1-12(2)28-21(26)18-14(4)24-13(3)17(20(25)27-10-6-9-23)19(18)15-7-5-8-16(22)11-15/h5,7-8,11-12,19,24H,6,10H2,1-4H3. The number of nitrogens with zero attached hydrogens (tertiary/aromatic N) is 1. The fourth-order valence-electron chi connectivity index (χ4n) is 3.10. The fraction of sp³-hybridized carbons (Fsp3) is 0.381. The Morgan fingerprint density at radius 1 is 1.21 bits per heavy atom. The molecule has 7 heteroatoms. The summed E-state index contributed by atoms with van der Waals surface area (Å²) in [6, 6.07) is 9.58. The Bertz CT molecular complexity index is 881. The molecular weight excluding hydrogens is 471 g/mol. The van der Waals surface area contributed by atoms with Crippen LogP contribution in [0.5, 0.6) is 0 Å². The zero-order valence-corrected chi connectivity index (χ0v) is 18.5. The van der Waals surface area contributed by atoms with Crippen LogP contribution in [0.1, 0.15) is 45.6 Å². The summed E-state index contributed by atoms with van der Waals surface area (Å²) in [6.07, 6.45) is -0.182. The lowest BCUT2D eigenvalue weighted by Gasteiger charge is -2.31. The predicted molar refractivity (Wildman–Crippen MR) is 113 cm³/mol. The van der Waals surface area contributed by atoms with Gasteiger partial charge in [0.2, 0.25) is 0 Å². The minimum absolute atomic E-state index is 0.000369. The molecule has 28 heavy (non-hydrogen) atoms. The molecule has 0 fully saturated rings. The number of dihydropyridines is 1. The van der Waals surface area contributed by atoms with Crippen LogP contribution in [0, 0.1) is 14.9 Å². The van der Waals surface area contributed by atoms with Crippen LogP contribution in [-0.4, -0.2) is 24.6 Å². The topological polar surface area (TPSA) is 88.4 Å². The molecule has 0 spiro atoms. The van der Waals surface area contributed by atoms with E-state index in [0.29, 0.717) is 22.5 Å². The number of hydrogen-bond donors (Lipinski definition) is 1. The number of benzene rings is 1. The Balaban J connectivity index is 2.56. The van der Waals surface area contributed by atoms with Crippen molar-refractivity contribution in [2.24, 2.45) is 0 Å². The average Bonchev–Trinajstić information content (AvgIpc) is 2.60. The Morgan fingerprint density at radius 3 is 2.43 bits per heavy atom. The van der Waals surface area contributed by atoms with Crippen molar-refractivity contribution in [1.82, 2.24) is 5.32 Å². The number of nitrogens with one attached hydrogen (secondary N) is 1.